The Labute approximate surface area is 125 Å². The maximum atomic E-state index is 12.4. The Morgan fingerprint density at radius 2 is 2.05 bits per heavy atom. The first-order valence-electron chi connectivity index (χ1n) is 6.91. The maximum Gasteiger partial charge on any atom is 0.325 e. The van der Waals surface area contributed by atoms with Crippen molar-refractivity contribution in [1.82, 2.24) is 4.72 Å². The van der Waals surface area contributed by atoms with Crippen molar-refractivity contribution >= 4 is 21.7 Å². The summed E-state index contributed by atoms with van der Waals surface area (Å²) in [5.41, 5.74) is 0.513. The first-order valence-corrected chi connectivity index (χ1v) is 8.39. The highest BCUT2D eigenvalue weighted by atomic mass is 32.2. The number of carbonyl (C=O) groups excluding carboxylic acids is 1. The summed E-state index contributed by atoms with van der Waals surface area (Å²) in [7, 11) is -2.26. The van der Waals surface area contributed by atoms with E-state index in [4.69, 9.17) is 0 Å². The Bertz CT molecular complexity index is 611. The second kappa shape index (κ2) is 6.44. The summed E-state index contributed by atoms with van der Waals surface area (Å²) in [6.45, 7) is 2.38. The third-order valence-electron chi connectivity index (χ3n) is 3.32. The van der Waals surface area contributed by atoms with Crippen LogP contribution >= 0.6 is 0 Å². The third kappa shape index (κ3) is 3.95. The van der Waals surface area contributed by atoms with Gasteiger partial charge in [-0.2, -0.15) is 0 Å². The van der Waals surface area contributed by atoms with E-state index in [9.17, 15) is 13.2 Å². The van der Waals surface area contributed by atoms with Gasteiger partial charge in [-0.25, -0.2) is 13.1 Å². The molecule has 0 aromatic heterocycles. The number of hydrogen-bond donors (Lipinski definition) is 1. The van der Waals surface area contributed by atoms with Gasteiger partial charge in [-0.1, -0.05) is 12.1 Å². The third-order valence-corrected chi connectivity index (χ3v) is 4.89. The largest absolute Gasteiger partial charge is 0.468 e. The van der Waals surface area contributed by atoms with Gasteiger partial charge in [0.05, 0.1) is 12.8 Å². The average Bonchev–Trinajstić information content (AvgIpc) is 3.27. The van der Waals surface area contributed by atoms with E-state index in [-0.39, 0.29) is 17.5 Å². The van der Waals surface area contributed by atoms with Crippen LogP contribution in [0.15, 0.2) is 29.2 Å². The summed E-state index contributed by atoms with van der Waals surface area (Å²) >= 11 is 0. The summed E-state index contributed by atoms with van der Waals surface area (Å²) in [6, 6.07) is 6.73. The van der Waals surface area contributed by atoms with Crippen molar-refractivity contribution in [1.29, 1.82) is 0 Å². The molecule has 116 valence electrons. The molecule has 0 saturated heterocycles. The van der Waals surface area contributed by atoms with Crippen LogP contribution in [0.25, 0.3) is 0 Å². The van der Waals surface area contributed by atoms with Gasteiger partial charge in [0, 0.05) is 12.6 Å². The van der Waals surface area contributed by atoms with Crippen LogP contribution in [0.4, 0.5) is 5.69 Å². The molecule has 1 N–H and O–H groups in total. The topological polar surface area (TPSA) is 75.7 Å². The van der Waals surface area contributed by atoms with Gasteiger partial charge in [-0.15, -0.1) is 0 Å². The Balaban J connectivity index is 2.32. The molecular formula is C14H20N2O4S. The van der Waals surface area contributed by atoms with Crippen LogP contribution in [0.1, 0.15) is 19.8 Å². The standard InChI is InChI=1S/C14H20N2O4S/c1-3-16(10-14(17)20-2)12-6-4-5-7-13(12)21(18,19)15-11-8-9-11/h4-7,11,15H,3,8-10H2,1-2H3. The number of carbonyl (C=O) groups is 1. The average molecular weight is 312 g/mol. The van der Waals surface area contributed by atoms with E-state index in [0.29, 0.717) is 12.2 Å². The van der Waals surface area contributed by atoms with Gasteiger partial charge < -0.3 is 9.64 Å². The lowest BCUT2D eigenvalue weighted by Gasteiger charge is -2.24. The molecule has 0 unspecified atom stereocenters. The SMILES string of the molecule is CCN(CC(=O)OC)c1ccccc1S(=O)(=O)NC1CC1. The van der Waals surface area contributed by atoms with Crippen LogP contribution in [-0.2, 0) is 19.6 Å². The van der Waals surface area contributed by atoms with E-state index in [0.717, 1.165) is 12.8 Å². The highest BCUT2D eigenvalue weighted by Gasteiger charge is 2.30. The lowest BCUT2D eigenvalue weighted by molar-refractivity contribution is -0.138. The van der Waals surface area contributed by atoms with Crippen molar-refractivity contribution in [3.8, 4) is 0 Å². The van der Waals surface area contributed by atoms with Crippen LogP contribution in [0.3, 0.4) is 0 Å². The van der Waals surface area contributed by atoms with Gasteiger partial charge in [0.2, 0.25) is 10.0 Å². The molecule has 1 aromatic rings. The van der Waals surface area contributed by atoms with Gasteiger partial charge in [0.15, 0.2) is 0 Å². The zero-order valence-corrected chi connectivity index (χ0v) is 13.0. The molecular weight excluding hydrogens is 292 g/mol. The van der Waals surface area contributed by atoms with Crippen molar-refractivity contribution < 1.29 is 17.9 Å². The number of rotatable bonds is 7. The number of ether oxygens (including phenoxy) is 1. The van der Waals surface area contributed by atoms with Gasteiger partial charge in [-0.05, 0) is 31.9 Å². The molecule has 0 radical (unpaired) electrons. The molecule has 0 aliphatic heterocycles. The number of methoxy groups -OCH3 is 1. The lowest BCUT2D eigenvalue weighted by Crippen LogP contribution is -2.33. The Morgan fingerprint density at radius 3 is 2.62 bits per heavy atom. The first-order chi connectivity index (χ1) is 9.97. The number of para-hydroxylation sites is 1. The van der Waals surface area contributed by atoms with Gasteiger partial charge >= 0.3 is 5.97 Å². The number of anilines is 1. The highest BCUT2D eigenvalue weighted by Crippen LogP contribution is 2.28. The van der Waals surface area contributed by atoms with E-state index >= 15 is 0 Å². The number of esters is 1. The van der Waals surface area contributed by atoms with E-state index in [1.54, 1.807) is 29.2 Å². The Hall–Kier alpha value is -1.60. The number of nitrogens with one attached hydrogen (secondary N) is 1. The van der Waals surface area contributed by atoms with Crippen LogP contribution < -0.4 is 9.62 Å². The molecule has 2 rings (SSSR count). The number of sulfonamides is 1. The molecule has 1 fully saturated rings. The predicted molar refractivity (Wildman–Crippen MR) is 79.7 cm³/mol. The molecule has 0 bridgehead atoms. The monoisotopic (exact) mass is 312 g/mol. The molecule has 0 heterocycles. The minimum absolute atomic E-state index is 0.0168. The summed E-state index contributed by atoms with van der Waals surface area (Å²) in [6.07, 6.45) is 1.75. The molecule has 1 aliphatic carbocycles. The normalized spacial score (nSPS) is 14.8. The molecule has 7 heteroatoms. The van der Waals surface area contributed by atoms with Crippen LogP contribution in [0.2, 0.25) is 0 Å². The number of nitrogens with zero attached hydrogens (tertiary/aromatic N) is 1. The van der Waals surface area contributed by atoms with Gasteiger partial charge in [0.25, 0.3) is 0 Å². The molecule has 0 amide bonds. The van der Waals surface area contributed by atoms with Gasteiger partial charge in [-0.3, -0.25) is 4.79 Å². The second-order valence-corrected chi connectivity index (χ2v) is 6.64. The Kier molecular flexibility index (Phi) is 4.84. The summed E-state index contributed by atoms with van der Waals surface area (Å²) in [5, 5.41) is 0. The predicted octanol–water partition coefficient (Wildman–Crippen LogP) is 1.13. The van der Waals surface area contributed by atoms with Crippen molar-refractivity contribution in [3.05, 3.63) is 24.3 Å². The fourth-order valence-corrected chi connectivity index (χ4v) is 3.55. The zero-order valence-electron chi connectivity index (χ0n) is 12.2. The van der Waals surface area contributed by atoms with Crippen LogP contribution in [0.5, 0.6) is 0 Å². The number of benzene rings is 1. The summed E-state index contributed by atoms with van der Waals surface area (Å²) in [5.74, 6) is -0.404. The molecule has 1 saturated carbocycles. The Morgan fingerprint density at radius 1 is 1.38 bits per heavy atom. The van der Waals surface area contributed by atoms with Crippen molar-refractivity contribution in [2.24, 2.45) is 0 Å². The minimum atomic E-state index is -3.57. The highest BCUT2D eigenvalue weighted by molar-refractivity contribution is 7.89. The maximum absolute atomic E-state index is 12.4. The molecule has 1 aliphatic rings. The number of hydrogen-bond acceptors (Lipinski definition) is 5. The second-order valence-electron chi connectivity index (χ2n) is 4.95. The fourth-order valence-electron chi connectivity index (χ4n) is 2.02. The molecule has 0 spiro atoms. The summed E-state index contributed by atoms with van der Waals surface area (Å²) < 4.78 is 32.2. The smallest absolute Gasteiger partial charge is 0.325 e. The minimum Gasteiger partial charge on any atom is -0.468 e. The van der Waals surface area contributed by atoms with Crippen molar-refractivity contribution in [2.45, 2.75) is 30.7 Å². The van der Waals surface area contributed by atoms with Crippen molar-refractivity contribution in [2.75, 3.05) is 25.1 Å². The van der Waals surface area contributed by atoms with Crippen molar-refractivity contribution in [3.63, 3.8) is 0 Å². The van der Waals surface area contributed by atoms with E-state index in [1.165, 1.54) is 7.11 Å². The van der Waals surface area contributed by atoms with Crippen LogP contribution in [0, 0.1) is 0 Å². The van der Waals surface area contributed by atoms with Crippen LogP contribution in [-0.4, -0.2) is 40.6 Å². The molecule has 1 aromatic carbocycles. The molecule has 0 atom stereocenters. The molecule has 6 nitrogen and oxygen atoms in total. The summed E-state index contributed by atoms with van der Waals surface area (Å²) in [4.78, 5) is 13.4. The quantitative estimate of drug-likeness (QED) is 0.764. The number of likely N-dealkylation sites (N-methyl/N-ethyl adjacent to an activating group) is 1. The lowest BCUT2D eigenvalue weighted by atomic mass is 10.3. The fraction of sp³-hybridized carbons (Fsp3) is 0.500. The zero-order chi connectivity index (χ0) is 15.5. The van der Waals surface area contributed by atoms with E-state index < -0.39 is 16.0 Å². The van der Waals surface area contributed by atoms with E-state index in [2.05, 4.69) is 9.46 Å². The molecule has 21 heavy (non-hydrogen) atoms. The first kappa shape index (κ1) is 15.8. The van der Waals surface area contributed by atoms with Gasteiger partial charge in [0.1, 0.15) is 11.4 Å². The van der Waals surface area contributed by atoms with E-state index in [1.807, 2.05) is 6.92 Å².